The molecule has 0 radical (unpaired) electrons. The number of ether oxygens (including phenoxy) is 1. The third-order valence-corrected chi connectivity index (χ3v) is 4.24. The molecule has 0 saturated heterocycles. The van der Waals surface area contributed by atoms with Crippen LogP contribution in [0.15, 0.2) is 53.1 Å². The van der Waals surface area contributed by atoms with E-state index in [0.29, 0.717) is 23.4 Å². The Morgan fingerprint density at radius 3 is 2.44 bits per heavy atom. The van der Waals surface area contributed by atoms with Crippen LogP contribution in [0.5, 0.6) is 0 Å². The van der Waals surface area contributed by atoms with Crippen LogP contribution in [0.1, 0.15) is 43.9 Å². The Labute approximate surface area is 156 Å². The van der Waals surface area contributed by atoms with Crippen molar-refractivity contribution in [2.24, 2.45) is 0 Å². The highest BCUT2D eigenvalue weighted by atomic mass is 16.5. The second-order valence-electron chi connectivity index (χ2n) is 6.18. The van der Waals surface area contributed by atoms with Crippen molar-refractivity contribution in [1.82, 2.24) is 15.1 Å². The Bertz CT molecular complexity index is 927. The monoisotopic (exact) mass is 367 g/mol. The van der Waals surface area contributed by atoms with Crippen molar-refractivity contribution in [3.63, 3.8) is 0 Å². The summed E-state index contributed by atoms with van der Waals surface area (Å²) in [7, 11) is 1.32. The van der Waals surface area contributed by atoms with Gasteiger partial charge in [-0.3, -0.25) is 9.48 Å². The van der Waals surface area contributed by atoms with Crippen molar-refractivity contribution in [3.8, 4) is 0 Å². The van der Waals surface area contributed by atoms with Crippen LogP contribution in [0, 0.1) is 13.8 Å². The molecule has 0 saturated carbocycles. The molecule has 0 aliphatic rings. The number of benzene rings is 1. The zero-order valence-electron chi connectivity index (χ0n) is 15.4. The van der Waals surface area contributed by atoms with Crippen LogP contribution in [0.2, 0.25) is 0 Å². The van der Waals surface area contributed by atoms with Gasteiger partial charge in [0.25, 0.3) is 5.91 Å². The number of methoxy groups -OCH3 is 1. The van der Waals surface area contributed by atoms with E-state index in [0.717, 1.165) is 11.4 Å². The third kappa shape index (κ3) is 4.08. The molecule has 0 aliphatic carbocycles. The molecule has 1 N–H and O–H groups in total. The molecular weight excluding hydrogens is 346 g/mol. The highest BCUT2D eigenvalue weighted by molar-refractivity contribution is 5.96. The third-order valence-electron chi connectivity index (χ3n) is 4.24. The SMILES string of the molecule is COC(=O)c1ccc(C(=O)NC[C@H](c2ccco2)n2nc(C)cc2C)cc1. The van der Waals surface area contributed by atoms with Crippen LogP contribution in [-0.4, -0.2) is 35.3 Å². The number of carbonyl (C=O) groups is 2. The molecule has 2 heterocycles. The normalized spacial score (nSPS) is 11.8. The molecule has 0 unspecified atom stereocenters. The van der Waals surface area contributed by atoms with Crippen LogP contribution >= 0.6 is 0 Å². The first-order chi connectivity index (χ1) is 13.0. The molecule has 2 aromatic heterocycles. The predicted molar refractivity (Wildman–Crippen MR) is 98.7 cm³/mol. The maximum Gasteiger partial charge on any atom is 0.337 e. The van der Waals surface area contributed by atoms with E-state index in [9.17, 15) is 9.59 Å². The Morgan fingerprint density at radius 1 is 1.19 bits per heavy atom. The van der Waals surface area contributed by atoms with Crippen molar-refractivity contribution >= 4 is 11.9 Å². The molecular formula is C20H21N3O4. The molecule has 1 atom stereocenters. The van der Waals surface area contributed by atoms with Gasteiger partial charge in [0.1, 0.15) is 11.8 Å². The summed E-state index contributed by atoms with van der Waals surface area (Å²) < 4.78 is 12.0. The van der Waals surface area contributed by atoms with E-state index < -0.39 is 5.97 Å². The standard InChI is InChI=1S/C20H21N3O4/c1-13-11-14(2)23(22-13)17(18-5-4-10-27-18)12-21-19(24)15-6-8-16(9-7-15)20(25)26-3/h4-11,17H,12H2,1-3H3,(H,21,24)/t17-/m1/s1. The number of furan rings is 1. The number of carbonyl (C=O) groups excluding carboxylic acids is 2. The van der Waals surface area contributed by atoms with Crippen LogP contribution in [0.25, 0.3) is 0 Å². The lowest BCUT2D eigenvalue weighted by molar-refractivity contribution is 0.0600. The average Bonchev–Trinajstić information content (AvgIpc) is 3.31. The molecule has 0 fully saturated rings. The van der Waals surface area contributed by atoms with Gasteiger partial charge in [-0.25, -0.2) is 4.79 Å². The molecule has 1 amide bonds. The summed E-state index contributed by atoms with van der Waals surface area (Å²) in [5.74, 6) is 0.0245. The van der Waals surface area contributed by atoms with Gasteiger partial charge >= 0.3 is 5.97 Å². The second-order valence-corrected chi connectivity index (χ2v) is 6.18. The van der Waals surface area contributed by atoms with Crippen molar-refractivity contribution in [2.45, 2.75) is 19.9 Å². The molecule has 0 spiro atoms. The molecule has 0 aliphatic heterocycles. The van der Waals surface area contributed by atoms with Crippen LogP contribution < -0.4 is 5.32 Å². The Hall–Kier alpha value is -3.35. The van der Waals surface area contributed by atoms with Gasteiger partial charge in [0.15, 0.2) is 0 Å². The molecule has 27 heavy (non-hydrogen) atoms. The molecule has 1 aromatic carbocycles. The summed E-state index contributed by atoms with van der Waals surface area (Å²) in [5, 5.41) is 7.42. The highest BCUT2D eigenvalue weighted by Gasteiger charge is 2.21. The Balaban J connectivity index is 1.74. The van der Waals surface area contributed by atoms with Crippen molar-refractivity contribution in [3.05, 3.63) is 77.0 Å². The van der Waals surface area contributed by atoms with E-state index in [-0.39, 0.29) is 11.9 Å². The lowest BCUT2D eigenvalue weighted by Crippen LogP contribution is -2.32. The number of hydrogen-bond donors (Lipinski definition) is 1. The molecule has 7 heteroatoms. The number of aryl methyl sites for hydroxylation is 2. The Kier molecular flexibility index (Phi) is 5.40. The molecule has 3 aromatic rings. The van der Waals surface area contributed by atoms with Gasteiger partial charge in [-0.15, -0.1) is 0 Å². The van der Waals surface area contributed by atoms with Crippen molar-refractivity contribution in [1.29, 1.82) is 0 Å². The maximum absolute atomic E-state index is 12.5. The number of nitrogens with zero attached hydrogens (tertiary/aromatic N) is 2. The van der Waals surface area contributed by atoms with Gasteiger partial charge in [0.05, 0.1) is 24.6 Å². The van der Waals surface area contributed by atoms with Crippen LogP contribution in [0.3, 0.4) is 0 Å². The smallest absolute Gasteiger partial charge is 0.337 e. The van der Waals surface area contributed by atoms with E-state index in [1.807, 2.05) is 30.7 Å². The fourth-order valence-corrected chi connectivity index (χ4v) is 2.92. The Morgan fingerprint density at radius 2 is 1.89 bits per heavy atom. The highest BCUT2D eigenvalue weighted by Crippen LogP contribution is 2.20. The van der Waals surface area contributed by atoms with E-state index in [2.05, 4.69) is 15.2 Å². The van der Waals surface area contributed by atoms with Crippen LogP contribution in [-0.2, 0) is 4.74 Å². The summed E-state index contributed by atoms with van der Waals surface area (Å²) in [6.07, 6.45) is 1.60. The van der Waals surface area contributed by atoms with Gasteiger partial charge in [-0.1, -0.05) is 0 Å². The van der Waals surface area contributed by atoms with E-state index in [4.69, 9.17) is 4.42 Å². The number of hydrogen-bond acceptors (Lipinski definition) is 5. The number of aromatic nitrogens is 2. The van der Waals surface area contributed by atoms with Gasteiger partial charge in [-0.05, 0) is 56.3 Å². The molecule has 7 nitrogen and oxygen atoms in total. The summed E-state index contributed by atoms with van der Waals surface area (Å²) in [6, 6.07) is 11.7. The topological polar surface area (TPSA) is 86.4 Å². The lowest BCUT2D eigenvalue weighted by Gasteiger charge is -2.18. The minimum Gasteiger partial charge on any atom is -0.467 e. The van der Waals surface area contributed by atoms with Gasteiger partial charge in [-0.2, -0.15) is 5.10 Å². The second kappa shape index (κ2) is 7.90. The van der Waals surface area contributed by atoms with Crippen molar-refractivity contribution in [2.75, 3.05) is 13.7 Å². The molecule has 3 rings (SSSR count). The summed E-state index contributed by atoms with van der Waals surface area (Å²) >= 11 is 0. The number of nitrogens with one attached hydrogen (secondary N) is 1. The number of esters is 1. The minimum absolute atomic E-state index is 0.246. The molecule has 140 valence electrons. The fourth-order valence-electron chi connectivity index (χ4n) is 2.92. The zero-order chi connectivity index (χ0) is 19.4. The first-order valence-electron chi connectivity index (χ1n) is 8.52. The summed E-state index contributed by atoms with van der Waals surface area (Å²) in [5.41, 5.74) is 2.72. The number of rotatable bonds is 6. The van der Waals surface area contributed by atoms with Gasteiger partial charge < -0.3 is 14.5 Å². The summed E-state index contributed by atoms with van der Waals surface area (Å²) in [4.78, 5) is 24.0. The summed E-state index contributed by atoms with van der Waals surface area (Å²) in [6.45, 7) is 4.19. The predicted octanol–water partition coefficient (Wildman–Crippen LogP) is 2.90. The van der Waals surface area contributed by atoms with E-state index >= 15 is 0 Å². The largest absolute Gasteiger partial charge is 0.467 e. The van der Waals surface area contributed by atoms with Gasteiger partial charge in [0.2, 0.25) is 0 Å². The maximum atomic E-state index is 12.5. The average molecular weight is 367 g/mol. The van der Waals surface area contributed by atoms with E-state index in [1.165, 1.54) is 7.11 Å². The first kappa shape index (κ1) is 18.4. The van der Waals surface area contributed by atoms with Gasteiger partial charge in [0, 0.05) is 17.8 Å². The van der Waals surface area contributed by atoms with Crippen molar-refractivity contribution < 1.29 is 18.7 Å². The van der Waals surface area contributed by atoms with Crippen LogP contribution in [0.4, 0.5) is 0 Å². The fraction of sp³-hybridized carbons (Fsp3) is 0.250. The first-order valence-corrected chi connectivity index (χ1v) is 8.52. The molecule has 0 bridgehead atoms. The number of amides is 1. The lowest BCUT2D eigenvalue weighted by atomic mass is 10.1. The quantitative estimate of drug-likeness (QED) is 0.677. The zero-order valence-corrected chi connectivity index (χ0v) is 15.4. The van der Waals surface area contributed by atoms with E-state index in [1.54, 1.807) is 36.6 Å². The minimum atomic E-state index is -0.440.